The molecule has 0 radical (unpaired) electrons. The van der Waals surface area contributed by atoms with E-state index in [2.05, 4.69) is 36.3 Å². The zero-order valence-corrected chi connectivity index (χ0v) is 21.6. The quantitative estimate of drug-likeness (QED) is 0.434. The molecule has 1 fully saturated rings. The van der Waals surface area contributed by atoms with Crippen molar-refractivity contribution < 1.29 is 13.9 Å². The summed E-state index contributed by atoms with van der Waals surface area (Å²) in [5.41, 5.74) is 1.29. The number of nitrogens with one attached hydrogen (secondary N) is 2. The molecule has 0 saturated carbocycles. The lowest BCUT2D eigenvalue weighted by molar-refractivity contribution is -0.119. The van der Waals surface area contributed by atoms with Crippen LogP contribution in [0, 0.1) is 5.82 Å². The molecular formula is C24H34FN7O2S. The van der Waals surface area contributed by atoms with Gasteiger partial charge < -0.3 is 20.3 Å². The topological polar surface area (TPSA) is 87.0 Å². The largest absolute Gasteiger partial charge is 0.379 e. The average Bonchev–Trinajstić information content (AvgIpc) is 3.37. The number of amides is 1. The van der Waals surface area contributed by atoms with Gasteiger partial charge in [0.2, 0.25) is 16.0 Å². The Labute approximate surface area is 209 Å². The average molecular weight is 504 g/mol. The van der Waals surface area contributed by atoms with Crippen LogP contribution in [0.4, 0.5) is 15.3 Å². The van der Waals surface area contributed by atoms with E-state index in [1.165, 1.54) is 23.5 Å². The van der Waals surface area contributed by atoms with Crippen molar-refractivity contribution in [2.75, 3.05) is 63.2 Å². The molecule has 9 nitrogen and oxygen atoms in total. The molecule has 2 N–H and O–H groups in total. The zero-order chi connectivity index (χ0) is 25.0. The van der Waals surface area contributed by atoms with Gasteiger partial charge in [-0.3, -0.25) is 9.69 Å². The van der Waals surface area contributed by atoms with Crippen LogP contribution in [0.25, 0.3) is 16.2 Å². The molecule has 0 spiro atoms. The summed E-state index contributed by atoms with van der Waals surface area (Å²) in [6.07, 6.45) is 0.911. The van der Waals surface area contributed by atoms with Gasteiger partial charge >= 0.3 is 0 Å². The summed E-state index contributed by atoms with van der Waals surface area (Å²) in [5.74, 6) is 0.409. The fourth-order valence-corrected chi connectivity index (χ4v) is 4.72. The smallest absolute Gasteiger partial charge is 0.239 e. The number of fused-ring (bicyclic) bond motifs is 1. The second kappa shape index (κ2) is 10.9. The van der Waals surface area contributed by atoms with Gasteiger partial charge in [0.1, 0.15) is 11.5 Å². The lowest BCUT2D eigenvalue weighted by Crippen LogP contribution is -2.39. The van der Waals surface area contributed by atoms with E-state index >= 15 is 0 Å². The van der Waals surface area contributed by atoms with Crippen LogP contribution in [0.2, 0.25) is 0 Å². The Kier molecular flexibility index (Phi) is 7.88. The van der Waals surface area contributed by atoms with E-state index in [0.717, 1.165) is 50.7 Å². The van der Waals surface area contributed by atoms with Gasteiger partial charge in [-0.1, -0.05) is 11.3 Å². The predicted molar refractivity (Wildman–Crippen MR) is 138 cm³/mol. The van der Waals surface area contributed by atoms with Crippen molar-refractivity contribution >= 4 is 33.2 Å². The molecule has 1 aliphatic heterocycles. The van der Waals surface area contributed by atoms with Gasteiger partial charge in [0, 0.05) is 37.8 Å². The maximum Gasteiger partial charge on any atom is 0.239 e. The van der Waals surface area contributed by atoms with E-state index in [1.807, 2.05) is 11.9 Å². The molecule has 190 valence electrons. The summed E-state index contributed by atoms with van der Waals surface area (Å²) in [4.78, 5) is 22.1. The highest BCUT2D eigenvalue weighted by Gasteiger charge is 2.23. The molecule has 4 rings (SSSR count). The number of morpholine rings is 1. The number of benzene rings is 1. The minimum absolute atomic E-state index is 0.0395. The summed E-state index contributed by atoms with van der Waals surface area (Å²) >= 11 is 1.41. The molecule has 0 atom stereocenters. The highest BCUT2D eigenvalue weighted by atomic mass is 32.1. The summed E-state index contributed by atoms with van der Waals surface area (Å²) in [6.45, 7) is 11.5. The maximum absolute atomic E-state index is 13.5. The number of carbonyl (C=O) groups excluding carboxylic acids is 1. The van der Waals surface area contributed by atoms with Crippen LogP contribution in [0.5, 0.6) is 0 Å². The third-order valence-electron chi connectivity index (χ3n) is 5.59. The Morgan fingerprint density at radius 1 is 1.23 bits per heavy atom. The number of halogens is 1. The number of imidazole rings is 1. The van der Waals surface area contributed by atoms with E-state index in [0.29, 0.717) is 22.3 Å². The highest BCUT2D eigenvalue weighted by molar-refractivity contribution is 7.20. The van der Waals surface area contributed by atoms with E-state index in [-0.39, 0.29) is 23.8 Å². The fraction of sp³-hybridized carbons (Fsp3) is 0.542. The van der Waals surface area contributed by atoms with Crippen molar-refractivity contribution in [2.45, 2.75) is 32.7 Å². The second-order valence-electron chi connectivity index (χ2n) is 9.78. The van der Waals surface area contributed by atoms with Gasteiger partial charge in [-0.15, -0.1) is 5.10 Å². The first kappa shape index (κ1) is 25.3. The van der Waals surface area contributed by atoms with E-state index in [1.54, 1.807) is 16.6 Å². The molecule has 1 aromatic carbocycles. The van der Waals surface area contributed by atoms with Gasteiger partial charge in [-0.25, -0.2) is 9.37 Å². The van der Waals surface area contributed by atoms with Crippen LogP contribution in [0.1, 0.15) is 27.2 Å². The molecule has 1 saturated heterocycles. The SMILES string of the molecule is CN(CC(=O)NCCCN1CCOCC1)c1nn2c(NC(C)(C)C)c(-c3ccc(F)cc3)nc2s1. The van der Waals surface area contributed by atoms with Crippen LogP contribution in [0.3, 0.4) is 0 Å². The number of anilines is 2. The number of hydrogen-bond acceptors (Lipinski definition) is 8. The zero-order valence-electron chi connectivity index (χ0n) is 20.8. The van der Waals surface area contributed by atoms with Gasteiger partial charge in [-0.2, -0.15) is 4.52 Å². The van der Waals surface area contributed by atoms with E-state index in [9.17, 15) is 9.18 Å². The first-order chi connectivity index (χ1) is 16.7. The van der Waals surface area contributed by atoms with Crippen molar-refractivity contribution in [3.05, 3.63) is 30.1 Å². The molecule has 11 heteroatoms. The maximum atomic E-state index is 13.5. The van der Waals surface area contributed by atoms with Gasteiger partial charge in [0.05, 0.1) is 19.8 Å². The Balaban J connectivity index is 1.41. The normalized spacial score (nSPS) is 14.9. The molecule has 0 bridgehead atoms. The summed E-state index contributed by atoms with van der Waals surface area (Å²) in [6, 6.07) is 6.28. The summed E-state index contributed by atoms with van der Waals surface area (Å²) in [5, 5.41) is 11.9. The van der Waals surface area contributed by atoms with Crippen molar-refractivity contribution in [3.8, 4) is 11.3 Å². The second-order valence-corrected chi connectivity index (χ2v) is 10.7. The lowest BCUT2D eigenvalue weighted by Gasteiger charge is -2.26. The van der Waals surface area contributed by atoms with E-state index in [4.69, 9.17) is 14.8 Å². The minimum Gasteiger partial charge on any atom is -0.379 e. The third-order valence-corrected chi connectivity index (χ3v) is 6.61. The molecule has 0 aliphatic carbocycles. The molecule has 0 unspecified atom stereocenters. The first-order valence-electron chi connectivity index (χ1n) is 11.9. The minimum atomic E-state index is -0.290. The van der Waals surface area contributed by atoms with E-state index < -0.39 is 0 Å². The van der Waals surface area contributed by atoms with Crippen molar-refractivity contribution in [1.82, 2.24) is 24.8 Å². The molecule has 3 aromatic rings. The third kappa shape index (κ3) is 6.68. The number of nitrogens with zero attached hydrogens (tertiary/aromatic N) is 5. The molecule has 3 heterocycles. The van der Waals surface area contributed by atoms with Crippen LogP contribution in [0.15, 0.2) is 24.3 Å². The van der Waals surface area contributed by atoms with Gasteiger partial charge in [0.25, 0.3) is 0 Å². The fourth-order valence-electron chi connectivity index (χ4n) is 3.86. The predicted octanol–water partition coefficient (Wildman–Crippen LogP) is 3.08. The molecule has 2 aromatic heterocycles. The molecule has 1 aliphatic rings. The monoisotopic (exact) mass is 503 g/mol. The van der Waals surface area contributed by atoms with Crippen LogP contribution < -0.4 is 15.5 Å². The van der Waals surface area contributed by atoms with Crippen molar-refractivity contribution in [2.24, 2.45) is 0 Å². The Hall–Kier alpha value is -2.76. The Bertz CT molecular complexity index is 1130. The molecule has 1 amide bonds. The van der Waals surface area contributed by atoms with Crippen molar-refractivity contribution in [3.63, 3.8) is 0 Å². The van der Waals surface area contributed by atoms with Crippen LogP contribution in [-0.2, 0) is 9.53 Å². The number of aromatic nitrogens is 3. The lowest BCUT2D eigenvalue weighted by atomic mass is 10.1. The number of ether oxygens (including phenoxy) is 1. The number of rotatable bonds is 9. The Morgan fingerprint density at radius 2 is 1.94 bits per heavy atom. The summed E-state index contributed by atoms with van der Waals surface area (Å²) in [7, 11) is 1.85. The van der Waals surface area contributed by atoms with Crippen molar-refractivity contribution in [1.29, 1.82) is 0 Å². The van der Waals surface area contributed by atoms with Crippen LogP contribution >= 0.6 is 11.3 Å². The standard InChI is InChI=1S/C24H34FN7O2S/c1-24(2,3)28-21-20(17-6-8-18(25)9-7-17)27-22-32(21)29-23(35-22)30(4)16-19(33)26-10-5-11-31-12-14-34-15-13-31/h6-9,28H,5,10-16H2,1-4H3,(H,26,33). The summed E-state index contributed by atoms with van der Waals surface area (Å²) < 4.78 is 20.6. The van der Waals surface area contributed by atoms with Gasteiger partial charge in [-0.05, 0) is 58.0 Å². The molecule has 35 heavy (non-hydrogen) atoms. The highest BCUT2D eigenvalue weighted by Crippen LogP contribution is 2.34. The number of carbonyl (C=O) groups is 1. The van der Waals surface area contributed by atoms with Crippen LogP contribution in [-0.4, -0.2) is 83.9 Å². The Morgan fingerprint density at radius 3 is 2.63 bits per heavy atom. The number of hydrogen-bond donors (Lipinski definition) is 2. The molecular weight excluding hydrogens is 469 g/mol. The first-order valence-corrected chi connectivity index (χ1v) is 12.7. The number of likely N-dealkylation sites (N-methyl/N-ethyl adjacent to an activating group) is 1. The van der Waals surface area contributed by atoms with Gasteiger partial charge in [0.15, 0.2) is 5.82 Å².